The van der Waals surface area contributed by atoms with E-state index < -0.39 is 0 Å². The Kier molecular flexibility index (Phi) is 5.14. The van der Waals surface area contributed by atoms with E-state index in [1.807, 2.05) is 16.3 Å². The quantitative estimate of drug-likeness (QED) is 0.874. The zero-order valence-electron chi connectivity index (χ0n) is 11.9. The van der Waals surface area contributed by atoms with Crippen molar-refractivity contribution in [1.29, 1.82) is 0 Å². The van der Waals surface area contributed by atoms with Gasteiger partial charge in [-0.15, -0.1) is 11.3 Å². The highest BCUT2D eigenvalue weighted by Crippen LogP contribution is 2.11. The van der Waals surface area contributed by atoms with Gasteiger partial charge in [0.2, 0.25) is 5.91 Å². The third-order valence-corrected chi connectivity index (χ3v) is 4.59. The van der Waals surface area contributed by atoms with Crippen molar-refractivity contribution in [2.75, 3.05) is 19.6 Å². The van der Waals surface area contributed by atoms with Crippen molar-refractivity contribution >= 4 is 23.2 Å². The number of carbonyl (C=O) groups is 2. The maximum Gasteiger partial charge on any atom is 0.261 e. The van der Waals surface area contributed by atoms with Gasteiger partial charge in [-0.05, 0) is 25.3 Å². The molecule has 1 saturated heterocycles. The first-order chi connectivity index (χ1) is 9.59. The van der Waals surface area contributed by atoms with Crippen LogP contribution in [0.25, 0.3) is 0 Å². The summed E-state index contributed by atoms with van der Waals surface area (Å²) in [6, 6.07) is 4.13. The third kappa shape index (κ3) is 3.58. The summed E-state index contributed by atoms with van der Waals surface area (Å²) in [6.07, 6.45) is 0.355. The van der Waals surface area contributed by atoms with Crippen LogP contribution in [0, 0.1) is 0 Å². The number of hydrogen-bond donors (Lipinski definition) is 2. The summed E-state index contributed by atoms with van der Waals surface area (Å²) in [6.45, 7) is 6.10. The zero-order chi connectivity index (χ0) is 14.5. The van der Waals surface area contributed by atoms with Crippen molar-refractivity contribution in [3.8, 4) is 0 Å². The maximum absolute atomic E-state index is 12.2. The lowest BCUT2D eigenvalue weighted by Gasteiger charge is -2.38. The predicted octanol–water partition coefficient (Wildman–Crippen LogP) is 1.08. The molecule has 2 N–H and O–H groups in total. The van der Waals surface area contributed by atoms with Crippen molar-refractivity contribution in [1.82, 2.24) is 15.5 Å². The highest BCUT2D eigenvalue weighted by molar-refractivity contribution is 7.12. The van der Waals surface area contributed by atoms with Crippen LogP contribution in [0.4, 0.5) is 0 Å². The monoisotopic (exact) mass is 295 g/mol. The molecule has 2 atom stereocenters. The molecule has 0 bridgehead atoms. The second-order valence-electron chi connectivity index (χ2n) is 5.05. The topological polar surface area (TPSA) is 61.4 Å². The summed E-state index contributed by atoms with van der Waals surface area (Å²) in [5.41, 5.74) is 0. The van der Waals surface area contributed by atoms with E-state index in [9.17, 15) is 9.59 Å². The summed E-state index contributed by atoms with van der Waals surface area (Å²) in [4.78, 5) is 26.5. The molecule has 0 aliphatic carbocycles. The van der Waals surface area contributed by atoms with Crippen LogP contribution in [0.3, 0.4) is 0 Å². The molecule has 1 aliphatic heterocycles. The molecule has 1 aromatic heterocycles. The summed E-state index contributed by atoms with van der Waals surface area (Å²) in [7, 11) is 0. The van der Waals surface area contributed by atoms with Crippen LogP contribution in [0.1, 0.15) is 29.9 Å². The molecule has 2 rings (SSSR count). The van der Waals surface area contributed by atoms with Crippen LogP contribution >= 0.6 is 11.3 Å². The molecule has 20 heavy (non-hydrogen) atoms. The van der Waals surface area contributed by atoms with Gasteiger partial charge in [0.15, 0.2) is 0 Å². The maximum atomic E-state index is 12.2. The van der Waals surface area contributed by atoms with Crippen molar-refractivity contribution in [2.24, 2.45) is 0 Å². The van der Waals surface area contributed by atoms with E-state index in [-0.39, 0.29) is 17.9 Å². The standard InChI is InChI=1S/C14H21N3O2S/c1-10-11(2)17(8-7-15-10)13(18)5-6-16-14(19)12-4-3-9-20-12/h3-4,9-11,15H,5-8H2,1-2H3,(H,16,19). The van der Waals surface area contributed by atoms with E-state index in [4.69, 9.17) is 0 Å². The molecule has 2 heterocycles. The SMILES string of the molecule is CC1NCCN(C(=O)CCNC(=O)c2cccs2)C1C. The molecule has 6 heteroatoms. The van der Waals surface area contributed by atoms with E-state index in [0.717, 1.165) is 13.1 Å². The molecule has 0 radical (unpaired) electrons. The molecule has 1 aliphatic rings. The van der Waals surface area contributed by atoms with Gasteiger partial charge in [-0.2, -0.15) is 0 Å². The predicted molar refractivity (Wildman–Crippen MR) is 79.9 cm³/mol. The van der Waals surface area contributed by atoms with Crippen molar-refractivity contribution in [3.05, 3.63) is 22.4 Å². The number of nitrogens with one attached hydrogen (secondary N) is 2. The molecule has 0 aromatic carbocycles. The fourth-order valence-electron chi connectivity index (χ4n) is 2.33. The molecule has 0 spiro atoms. The highest BCUT2D eigenvalue weighted by Gasteiger charge is 2.27. The summed E-state index contributed by atoms with van der Waals surface area (Å²) in [5, 5.41) is 8.00. The smallest absolute Gasteiger partial charge is 0.261 e. The summed E-state index contributed by atoms with van der Waals surface area (Å²) < 4.78 is 0. The number of nitrogens with zero attached hydrogens (tertiary/aromatic N) is 1. The first kappa shape index (κ1) is 15.0. The van der Waals surface area contributed by atoms with Gasteiger partial charge in [0.25, 0.3) is 5.91 Å². The minimum atomic E-state index is -0.102. The summed E-state index contributed by atoms with van der Waals surface area (Å²) >= 11 is 1.40. The normalized spacial score (nSPS) is 22.6. The molecular formula is C14H21N3O2S. The lowest BCUT2D eigenvalue weighted by molar-refractivity contribution is -0.134. The van der Waals surface area contributed by atoms with Gasteiger partial charge in [-0.25, -0.2) is 0 Å². The summed E-state index contributed by atoms with van der Waals surface area (Å²) in [5.74, 6) is 0.00635. The molecule has 0 saturated carbocycles. The van der Waals surface area contributed by atoms with Crippen LogP contribution in [0.2, 0.25) is 0 Å². The van der Waals surface area contributed by atoms with Crippen LogP contribution in [0.15, 0.2) is 17.5 Å². The van der Waals surface area contributed by atoms with Gasteiger partial charge in [0.05, 0.1) is 4.88 Å². The Balaban J connectivity index is 1.76. The Labute approximate surface area is 123 Å². The second kappa shape index (κ2) is 6.85. The largest absolute Gasteiger partial charge is 0.351 e. The molecule has 2 unspecified atom stereocenters. The number of thiophene rings is 1. The fraction of sp³-hybridized carbons (Fsp3) is 0.571. The second-order valence-corrected chi connectivity index (χ2v) is 6.00. The lowest BCUT2D eigenvalue weighted by atomic mass is 10.1. The first-order valence-corrected chi connectivity index (χ1v) is 7.82. The van der Waals surface area contributed by atoms with Gasteiger partial charge in [-0.3, -0.25) is 9.59 Å². The minimum Gasteiger partial charge on any atom is -0.351 e. The van der Waals surface area contributed by atoms with Crippen LogP contribution in [-0.4, -0.2) is 48.4 Å². The highest BCUT2D eigenvalue weighted by atomic mass is 32.1. The number of piperazine rings is 1. The zero-order valence-corrected chi connectivity index (χ0v) is 12.7. The minimum absolute atomic E-state index is 0.102. The van der Waals surface area contributed by atoms with E-state index >= 15 is 0 Å². The number of carbonyl (C=O) groups excluding carboxylic acids is 2. The Morgan fingerprint density at radius 3 is 3.00 bits per heavy atom. The average Bonchev–Trinajstić information content (AvgIpc) is 2.95. The molecule has 5 nitrogen and oxygen atoms in total. The average molecular weight is 295 g/mol. The van der Waals surface area contributed by atoms with Gasteiger partial charge in [0, 0.05) is 38.1 Å². The Bertz CT molecular complexity index is 461. The number of amides is 2. The van der Waals surface area contributed by atoms with Crippen molar-refractivity contribution < 1.29 is 9.59 Å². The Morgan fingerprint density at radius 2 is 2.30 bits per heavy atom. The molecular weight excluding hydrogens is 274 g/mol. The molecule has 110 valence electrons. The van der Waals surface area contributed by atoms with E-state index in [1.165, 1.54) is 11.3 Å². The lowest BCUT2D eigenvalue weighted by Crippen LogP contribution is -2.57. The first-order valence-electron chi connectivity index (χ1n) is 6.94. The number of rotatable bonds is 4. The van der Waals surface area contributed by atoms with Crippen LogP contribution in [-0.2, 0) is 4.79 Å². The van der Waals surface area contributed by atoms with E-state index in [0.29, 0.717) is 23.9 Å². The third-order valence-electron chi connectivity index (χ3n) is 3.72. The van der Waals surface area contributed by atoms with Crippen molar-refractivity contribution in [3.63, 3.8) is 0 Å². The van der Waals surface area contributed by atoms with Gasteiger partial charge >= 0.3 is 0 Å². The van der Waals surface area contributed by atoms with Crippen LogP contribution < -0.4 is 10.6 Å². The van der Waals surface area contributed by atoms with Gasteiger partial charge < -0.3 is 15.5 Å². The Morgan fingerprint density at radius 1 is 1.50 bits per heavy atom. The number of hydrogen-bond acceptors (Lipinski definition) is 4. The molecule has 1 fully saturated rings. The van der Waals surface area contributed by atoms with E-state index in [1.54, 1.807) is 6.07 Å². The molecule has 1 aromatic rings. The van der Waals surface area contributed by atoms with Gasteiger partial charge in [-0.1, -0.05) is 6.07 Å². The molecule has 2 amide bonds. The van der Waals surface area contributed by atoms with Crippen LogP contribution in [0.5, 0.6) is 0 Å². The Hall–Kier alpha value is -1.40. The van der Waals surface area contributed by atoms with E-state index in [2.05, 4.69) is 24.5 Å². The fourth-order valence-corrected chi connectivity index (χ4v) is 2.97. The van der Waals surface area contributed by atoms with Gasteiger partial charge in [0.1, 0.15) is 0 Å². The van der Waals surface area contributed by atoms with Crippen molar-refractivity contribution in [2.45, 2.75) is 32.4 Å².